The number of nitrogens with one attached hydrogen (secondary N) is 1. The monoisotopic (exact) mass is 331 g/mol. The molecule has 1 heterocycles. The topological polar surface area (TPSA) is 52.7 Å². The fourth-order valence-corrected chi connectivity index (χ4v) is 2.23. The number of carbonyl (C=O) groups excluding carboxylic acids is 2. The molecular weight excluding hydrogens is 313 g/mol. The van der Waals surface area contributed by atoms with Gasteiger partial charge in [-0.05, 0) is 24.3 Å². The van der Waals surface area contributed by atoms with Crippen LogP contribution in [0.15, 0.2) is 24.3 Å². The van der Waals surface area contributed by atoms with Crippen molar-refractivity contribution in [3.63, 3.8) is 0 Å². The molecule has 2 amide bonds. The van der Waals surface area contributed by atoms with Crippen molar-refractivity contribution in [3.05, 3.63) is 34.9 Å². The van der Waals surface area contributed by atoms with Gasteiger partial charge in [0.1, 0.15) is 0 Å². The molecule has 0 aromatic heterocycles. The molecule has 0 saturated carbocycles. The standard InChI is InChI=1S/C14H18ClN3O2.ClH/c1-17(10-13(19)18-8-6-16-7-9-18)14(20)11-2-4-12(15)5-3-11;/h2-5,16H,6-10H2,1H3;1H. The molecule has 0 bridgehead atoms. The van der Waals surface area contributed by atoms with Crippen LogP contribution in [0.5, 0.6) is 0 Å². The van der Waals surface area contributed by atoms with E-state index in [0.29, 0.717) is 23.7 Å². The highest BCUT2D eigenvalue weighted by Crippen LogP contribution is 2.11. The van der Waals surface area contributed by atoms with Gasteiger partial charge < -0.3 is 15.1 Å². The van der Waals surface area contributed by atoms with Crippen molar-refractivity contribution >= 4 is 35.8 Å². The summed E-state index contributed by atoms with van der Waals surface area (Å²) in [7, 11) is 1.64. The lowest BCUT2D eigenvalue weighted by molar-refractivity contribution is -0.132. The molecular formula is C14H19Cl2N3O2. The number of carbonyl (C=O) groups is 2. The largest absolute Gasteiger partial charge is 0.339 e. The summed E-state index contributed by atoms with van der Waals surface area (Å²) >= 11 is 5.79. The summed E-state index contributed by atoms with van der Waals surface area (Å²) in [5.74, 6) is -0.193. The minimum absolute atomic E-state index is 0. The van der Waals surface area contributed by atoms with E-state index in [4.69, 9.17) is 11.6 Å². The maximum atomic E-state index is 12.2. The van der Waals surface area contributed by atoms with Crippen LogP contribution in [0.2, 0.25) is 5.02 Å². The van der Waals surface area contributed by atoms with E-state index in [2.05, 4.69) is 5.32 Å². The summed E-state index contributed by atoms with van der Waals surface area (Å²) in [5, 5.41) is 3.77. The molecule has 0 unspecified atom stereocenters. The van der Waals surface area contributed by atoms with Gasteiger partial charge >= 0.3 is 0 Å². The van der Waals surface area contributed by atoms with Crippen LogP contribution in [0.4, 0.5) is 0 Å². The lowest BCUT2D eigenvalue weighted by Crippen LogP contribution is -2.49. The Labute approximate surface area is 135 Å². The molecule has 1 saturated heterocycles. The predicted molar refractivity (Wildman–Crippen MR) is 85.1 cm³/mol. The van der Waals surface area contributed by atoms with Crippen LogP contribution < -0.4 is 5.32 Å². The van der Waals surface area contributed by atoms with Crippen LogP contribution in [-0.4, -0.2) is 61.4 Å². The smallest absolute Gasteiger partial charge is 0.254 e. The summed E-state index contributed by atoms with van der Waals surface area (Å²) in [6.45, 7) is 3.10. The number of piperazine rings is 1. The molecule has 1 aliphatic heterocycles. The number of benzene rings is 1. The van der Waals surface area contributed by atoms with E-state index in [-0.39, 0.29) is 30.8 Å². The average Bonchev–Trinajstić information content (AvgIpc) is 2.48. The van der Waals surface area contributed by atoms with E-state index in [9.17, 15) is 9.59 Å². The van der Waals surface area contributed by atoms with Gasteiger partial charge in [0.05, 0.1) is 6.54 Å². The highest BCUT2D eigenvalue weighted by Gasteiger charge is 2.20. The molecule has 5 nitrogen and oxygen atoms in total. The van der Waals surface area contributed by atoms with E-state index in [1.54, 1.807) is 36.2 Å². The number of likely N-dealkylation sites (N-methyl/N-ethyl adjacent to an activating group) is 1. The van der Waals surface area contributed by atoms with Gasteiger partial charge in [0.25, 0.3) is 5.91 Å². The Morgan fingerprint density at radius 3 is 2.38 bits per heavy atom. The second-order valence-electron chi connectivity index (χ2n) is 4.80. The summed E-state index contributed by atoms with van der Waals surface area (Å²) in [5.41, 5.74) is 0.532. The molecule has 2 rings (SSSR count). The normalized spacial score (nSPS) is 14.3. The minimum atomic E-state index is -0.176. The van der Waals surface area contributed by atoms with Gasteiger partial charge in [0, 0.05) is 43.8 Å². The molecule has 21 heavy (non-hydrogen) atoms. The first-order chi connectivity index (χ1) is 9.58. The molecule has 1 aromatic rings. The molecule has 1 fully saturated rings. The molecule has 0 aliphatic carbocycles. The Morgan fingerprint density at radius 1 is 1.24 bits per heavy atom. The maximum absolute atomic E-state index is 12.2. The van der Waals surface area contributed by atoms with E-state index in [1.165, 1.54) is 4.90 Å². The third-order valence-corrected chi connectivity index (χ3v) is 3.53. The Kier molecular flexibility index (Phi) is 6.95. The van der Waals surface area contributed by atoms with Crippen molar-refractivity contribution in [1.29, 1.82) is 0 Å². The molecule has 1 aliphatic rings. The van der Waals surface area contributed by atoms with Gasteiger partial charge in [0.15, 0.2) is 0 Å². The third-order valence-electron chi connectivity index (χ3n) is 3.28. The molecule has 0 atom stereocenters. The van der Waals surface area contributed by atoms with Crippen LogP contribution in [0.1, 0.15) is 10.4 Å². The first-order valence-corrected chi connectivity index (χ1v) is 6.95. The average molecular weight is 332 g/mol. The number of rotatable bonds is 3. The second-order valence-corrected chi connectivity index (χ2v) is 5.24. The zero-order chi connectivity index (χ0) is 14.5. The molecule has 7 heteroatoms. The van der Waals surface area contributed by atoms with Gasteiger partial charge in [-0.15, -0.1) is 12.4 Å². The van der Waals surface area contributed by atoms with Crippen LogP contribution in [0, 0.1) is 0 Å². The highest BCUT2D eigenvalue weighted by atomic mass is 35.5. The van der Waals surface area contributed by atoms with Gasteiger partial charge in [0.2, 0.25) is 5.91 Å². The zero-order valence-electron chi connectivity index (χ0n) is 11.8. The molecule has 1 N–H and O–H groups in total. The summed E-state index contributed by atoms with van der Waals surface area (Å²) in [6, 6.07) is 6.66. The maximum Gasteiger partial charge on any atom is 0.254 e. The quantitative estimate of drug-likeness (QED) is 0.907. The fraction of sp³-hybridized carbons (Fsp3) is 0.429. The van der Waals surface area contributed by atoms with Gasteiger partial charge in [-0.2, -0.15) is 0 Å². The van der Waals surface area contributed by atoms with Crippen LogP contribution >= 0.6 is 24.0 Å². The van der Waals surface area contributed by atoms with Crippen LogP contribution in [0.3, 0.4) is 0 Å². The first-order valence-electron chi connectivity index (χ1n) is 6.57. The fourth-order valence-electron chi connectivity index (χ4n) is 2.10. The van der Waals surface area contributed by atoms with E-state index >= 15 is 0 Å². The molecule has 0 spiro atoms. The van der Waals surface area contributed by atoms with Crippen molar-refractivity contribution in [2.75, 3.05) is 39.8 Å². The Balaban J connectivity index is 0.00000220. The Morgan fingerprint density at radius 2 is 1.81 bits per heavy atom. The number of halogens is 2. The minimum Gasteiger partial charge on any atom is -0.339 e. The van der Waals surface area contributed by atoms with E-state index in [0.717, 1.165) is 13.1 Å². The number of amides is 2. The molecule has 1 aromatic carbocycles. The van der Waals surface area contributed by atoms with Crippen LogP contribution in [-0.2, 0) is 4.79 Å². The zero-order valence-corrected chi connectivity index (χ0v) is 13.4. The second kappa shape index (κ2) is 8.22. The molecule has 0 radical (unpaired) electrons. The number of hydrogen-bond donors (Lipinski definition) is 1. The summed E-state index contributed by atoms with van der Waals surface area (Å²) < 4.78 is 0. The van der Waals surface area contributed by atoms with Gasteiger partial charge in [-0.3, -0.25) is 9.59 Å². The van der Waals surface area contributed by atoms with Crippen molar-refractivity contribution in [3.8, 4) is 0 Å². The molecule has 116 valence electrons. The number of hydrogen-bond acceptors (Lipinski definition) is 3. The van der Waals surface area contributed by atoms with Crippen LogP contribution in [0.25, 0.3) is 0 Å². The summed E-state index contributed by atoms with van der Waals surface area (Å²) in [6.07, 6.45) is 0. The van der Waals surface area contributed by atoms with Crippen molar-refractivity contribution in [2.24, 2.45) is 0 Å². The van der Waals surface area contributed by atoms with Gasteiger partial charge in [-0.1, -0.05) is 11.6 Å². The SMILES string of the molecule is CN(CC(=O)N1CCNCC1)C(=O)c1ccc(Cl)cc1.Cl. The number of nitrogens with zero attached hydrogens (tertiary/aromatic N) is 2. The van der Waals surface area contributed by atoms with Crippen molar-refractivity contribution in [1.82, 2.24) is 15.1 Å². The Hall–Kier alpha value is -1.30. The van der Waals surface area contributed by atoms with Crippen molar-refractivity contribution < 1.29 is 9.59 Å². The third kappa shape index (κ3) is 4.88. The van der Waals surface area contributed by atoms with E-state index < -0.39 is 0 Å². The lowest BCUT2D eigenvalue weighted by atomic mass is 10.2. The predicted octanol–water partition coefficient (Wildman–Crippen LogP) is 1.27. The highest BCUT2D eigenvalue weighted by molar-refractivity contribution is 6.30. The summed E-state index contributed by atoms with van der Waals surface area (Å²) in [4.78, 5) is 27.5. The Bertz CT molecular complexity index is 487. The van der Waals surface area contributed by atoms with Crippen molar-refractivity contribution in [2.45, 2.75) is 0 Å². The van der Waals surface area contributed by atoms with Gasteiger partial charge in [-0.25, -0.2) is 0 Å². The first kappa shape index (κ1) is 17.8. The van der Waals surface area contributed by atoms with E-state index in [1.807, 2.05) is 0 Å². The lowest BCUT2D eigenvalue weighted by Gasteiger charge is -2.29.